The largest absolute Gasteiger partial charge is 0.302 e. The van der Waals surface area contributed by atoms with Gasteiger partial charge in [-0.2, -0.15) is 0 Å². The minimum Gasteiger partial charge on any atom is -0.302 e. The Labute approximate surface area is 105 Å². The first kappa shape index (κ1) is 11.7. The van der Waals surface area contributed by atoms with E-state index >= 15 is 0 Å². The molecule has 2 nitrogen and oxygen atoms in total. The molecule has 3 aliphatic rings. The average molecular weight is 235 g/mol. The highest BCUT2D eigenvalue weighted by Gasteiger charge is 2.62. The molecule has 0 aromatic rings. The fourth-order valence-corrected chi connectivity index (χ4v) is 4.56. The number of fused-ring (bicyclic) bond motifs is 1. The van der Waals surface area contributed by atoms with Crippen LogP contribution in [0, 0.1) is 29.1 Å². The molecule has 96 valence electrons. The molecule has 0 radical (unpaired) electrons. The molecular formula is C15H25NO. The van der Waals surface area contributed by atoms with Gasteiger partial charge in [-0.3, -0.25) is 4.79 Å². The van der Waals surface area contributed by atoms with Crippen LogP contribution in [-0.2, 0) is 4.79 Å². The topological polar surface area (TPSA) is 20.3 Å². The van der Waals surface area contributed by atoms with Gasteiger partial charge in [0.1, 0.15) is 5.78 Å². The summed E-state index contributed by atoms with van der Waals surface area (Å²) in [5.74, 6) is 4.27. The third-order valence-corrected chi connectivity index (χ3v) is 6.18. The predicted molar refractivity (Wildman–Crippen MR) is 68.7 cm³/mol. The fraction of sp³-hybridized carbons (Fsp3) is 0.933. The zero-order valence-corrected chi connectivity index (χ0v) is 11.4. The molecule has 0 spiro atoms. The number of hydrogen-bond acceptors (Lipinski definition) is 2. The van der Waals surface area contributed by atoms with Crippen molar-refractivity contribution in [1.29, 1.82) is 0 Å². The Balaban J connectivity index is 1.51. The number of ketones is 1. The lowest BCUT2D eigenvalue weighted by atomic mass is 9.37. The molecule has 3 rings (SSSR count). The van der Waals surface area contributed by atoms with Crippen molar-refractivity contribution < 1.29 is 4.79 Å². The Morgan fingerprint density at radius 2 is 1.94 bits per heavy atom. The normalized spacial score (nSPS) is 44.8. The third kappa shape index (κ3) is 1.68. The van der Waals surface area contributed by atoms with Crippen molar-refractivity contribution in [3.8, 4) is 0 Å². The Morgan fingerprint density at radius 1 is 1.29 bits per heavy atom. The minimum absolute atomic E-state index is 0.464. The van der Waals surface area contributed by atoms with E-state index in [9.17, 15) is 4.79 Å². The van der Waals surface area contributed by atoms with Gasteiger partial charge in [0.2, 0.25) is 0 Å². The van der Waals surface area contributed by atoms with E-state index in [1.54, 1.807) is 0 Å². The van der Waals surface area contributed by atoms with Crippen molar-refractivity contribution in [3.05, 3.63) is 0 Å². The molecule has 1 heterocycles. The van der Waals surface area contributed by atoms with Crippen LogP contribution in [0.25, 0.3) is 0 Å². The monoisotopic (exact) mass is 235 g/mol. The average Bonchev–Trinajstić information content (AvgIpc) is 2.25. The molecule has 2 heteroatoms. The van der Waals surface area contributed by atoms with E-state index in [0.29, 0.717) is 11.2 Å². The molecule has 2 saturated carbocycles. The second kappa shape index (κ2) is 3.81. The Bertz CT molecular complexity index is 318. The van der Waals surface area contributed by atoms with Crippen LogP contribution in [0.1, 0.15) is 40.0 Å². The number of hydrogen-bond donors (Lipinski definition) is 0. The molecule has 2 aliphatic carbocycles. The van der Waals surface area contributed by atoms with Crippen molar-refractivity contribution in [2.45, 2.75) is 40.0 Å². The van der Waals surface area contributed by atoms with E-state index in [0.717, 1.165) is 49.6 Å². The highest BCUT2D eigenvalue weighted by molar-refractivity contribution is 5.79. The SMILES string of the molecule is C[C@@H]1C2[C@@H](CN3CCC(=O)CC3)C[C@H]2C1(C)C. The van der Waals surface area contributed by atoms with E-state index in [1.807, 2.05) is 0 Å². The van der Waals surface area contributed by atoms with Crippen LogP contribution in [0.3, 0.4) is 0 Å². The smallest absolute Gasteiger partial charge is 0.135 e. The molecule has 0 N–H and O–H groups in total. The van der Waals surface area contributed by atoms with Crippen molar-refractivity contribution >= 4 is 5.78 Å². The molecule has 0 bridgehead atoms. The summed E-state index contributed by atoms with van der Waals surface area (Å²) in [4.78, 5) is 13.7. The zero-order chi connectivity index (χ0) is 12.2. The van der Waals surface area contributed by atoms with Gasteiger partial charge < -0.3 is 4.90 Å². The highest BCUT2D eigenvalue weighted by Crippen LogP contribution is 2.67. The third-order valence-electron chi connectivity index (χ3n) is 6.18. The van der Waals surface area contributed by atoms with Crippen LogP contribution in [0.2, 0.25) is 0 Å². The highest BCUT2D eigenvalue weighted by atomic mass is 16.1. The van der Waals surface area contributed by atoms with Gasteiger partial charge in [-0.05, 0) is 35.5 Å². The van der Waals surface area contributed by atoms with Gasteiger partial charge in [-0.1, -0.05) is 20.8 Å². The molecule has 4 atom stereocenters. The summed E-state index contributed by atoms with van der Waals surface area (Å²) in [5.41, 5.74) is 0.596. The summed E-state index contributed by atoms with van der Waals surface area (Å²) in [5, 5.41) is 0. The second-order valence-electron chi connectivity index (χ2n) is 7.13. The van der Waals surface area contributed by atoms with Gasteiger partial charge in [0.05, 0.1) is 0 Å². The minimum atomic E-state index is 0.464. The first-order chi connectivity index (χ1) is 8.00. The lowest BCUT2D eigenvalue weighted by molar-refractivity contribution is -0.203. The first-order valence-corrected chi connectivity index (χ1v) is 7.24. The second-order valence-corrected chi connectivity index (χ2v) is 7.13. The van der Waals surface area contributed by atoms with Crippen LogP contribution < -0.4 is 0 Å². The summed E-state index contributed by atoms with van der Waals surface area (Å²) in [6, 6.07) is 0. The number of carbonyl (C=O) groups is 1. The van der Waals surface area contributed by atoms with Crippen LogP contribution in [0.5, 0.6) is 0 Å². The zero-order valence-electron chi connectivity index (χ0n) is 11.4. The molecule has 3 fully saturated rings. The van der Waals surface area contributed by atoms with E-state index in [1.165, 1.54) is 13.0 Å². The Kier molecular flexibility index (Phi) is 2.62. The molecule has 0 aromatic carbocycles. The summed E-state index contributed by atoms with van der Waals surface area (Å²) in [6.45, 7) is 10.6. The standard InChI is InChI=1S/C15H25NO/c1-10-14-11(8-13(14)15(10,2)3)9-16-6-4-12(17)5-7-16/h10-11,13-14H,4-9H2,1-3H3/t10-,11-,13-,14?/m1/s1. The van der Waals surface area contributed by atoms with Gasteiger partial charge in [-0.15, -0.1) is 0 Å². The summed E-state index contributed by atoms with van der Waals surface area (Å²) >= 11 is 0. The molecular weight excluding hydrogens is 210 g/mol. The van der Waals surface area contributed by atoms with Gasteiger partial charge in [0.25, 0.3) is 0 Å². The number of piperidine rings is 1. The maximum absolute atomic E-state index is 11.2. The Morgan fingerprint density at radius 3 is 2.53 bits per heavy atom. The number of Topliss-reactive ketones (excluding diaryl/α,β-unsaturated/α-hetero) is 1. The molecule has 1 saturated heterocycles. The lowest BCUT2D eigenvalue weighted by Crippen LogP contribution is -2.64. The number of nitrogens with zero attached hydrogens (tertiary/aromatic N) is 1. The maximum atomic E-state index is 11.2. The van der Waals surface area contributed by atoms with Crippen molar-refractivity contribution in [3.63, 3.8) is 0 Å². The van der Waals surface area contributed by atoms with Crippen LogP contribution in [0.4, 0.5) is 0 Å². The van der Waals surface area contributed by atoms with E-state index in [4.69, 9.17) is 0 Å². The van der Waals surface area contributed by atoms with Crippen LogP contribution in [0.15, 0.2) is 0 Å². The van der Waals surface area contributed by atoms with Crippen molar-refractivity contribution in [2.75, 3.05) is 19.6 Å². The van der Waals surface area contributed by atoms with Crippen molar-refractivity contribution in [1.82, 2.24) is 4.90 Å². The van der Waals surface area contributed by atoms with Gasteiger partial charge >= 0.3 is 0 Å². The lowest BCUT2D eigenvalue weighted by Gasteiger charge is -2.68. The number of rotatable bonds is 2. The van der Waals surface area contributed by atoms with E-state index < -0.39 is 0 Å². The predicted octanol–water partition coefficient (Wildman–Crippen LogP) is 2.58. The molecule has 0 amide bonds. The summed E-state index contributed by atoms with van der Waals surface area (Å²) in [7, 11) is 0. The number of likely N-dealkylation sites (tertiary alicyclic amines) is 1. The maximum Gasteiger partial charge on any atom is 0.135 e. The molecule has 1 aliphatic heterocycles. The van der Waals surface area contributed by atoms with E-state index in [-0.39, 0.29) is 0 Å². The fourth-order valence-electron chi connectivity index (χ4n) is 4.56. The molecule has 0 aromatic heterocycles. The van der Waals surface area contributed by atoms with Gasteiger partial charge in [0, 0.05) is 32.5 Å². The van der Waals surface area contributed by atoms with Gasteiger partial charge in [0.15, 0.2) is 0 Å². The Hall–Kier alpha value is -0.370. The van der Waals surface area contributed by atoms with Gasteiger partial charge in [-0.25, -0.2) is 0 Å². The first-order valence-electron chi connectivity index (χ1n) is 7.24. The van der Waals surface area contributed by atoms with E-state index in [2.05, 4.69) is 25.7 Å². The summed E-state index contributed by atoms with van der Waals surface area (Å²) in [6.07, 6.45) is 3.02. The van der Waals surface area contributed by atoms with Crippen molar-refractivity contribution in [2.24, 2.45) is 29.1 Å². The molecule has 17 heavy (non-hydrogen) atoms. The summed E-state index contributed by atoms with van der Waals surface area (Å²) < 4.78 is 0. The quantitative estimate of drug-likeness (QED) is 0.733. The molecule has 1 unspecified atom stereocenters. The number of carbonyl (C=O) groups excluding carboxylic acids is 1. The van der Waals surface area contributed by atoms with Crippen LogP contribution >= 0.6 is 0 Å². The van der Waals surface area contributed by atoms with Crippen LogP contribution in [-0.4, -0.2) is 30.3 Å².